The Morgan fingerprint density at radius 1 is 1.03 bits per heavy atom. The van der Waals surface area contributed by atoms with Gasteiger partial charge in [-0.2, -0.15) is 0 Å². The lowest BCUT2D eigenvalue weighted by atomic mass is 9.93. The van der Waals surface area contributed by atoms with Gasteiger partial charge >= 0.3 is 0 Å². The Morgan fingerprint density at radius 3 is 2.39 bits per heavy atom. The molecule has 0 saturated heterocycles. The zero-order valence-electron chi connectivity index (χ0n) is 18.0. The maximum absolute atomic E-state index is 13.4. The number of aromatic amines is 1. The number of nitrogens with one attached hydrogen (secondary N) is 1. The first-order valence-electron chi connectivity index (χ1n) is 10.7. The van der Waals surface area contributed by atoms with Crippen LogP contribution in [0.5, 0.6) is 11.5 Å². The van der Waals surface area contributed by atoms with Gasteiger partial charge in [-0.1, -0.05) is 31.4 Å². The van der Waals surface area contributed by atoms with Crippen molar-refractivity contribution in [2.75, 3.05) is 14.2 Å². The van der Waals surface area contributed by atoms with E-state index in [-0.39, 0.29) is 11.4 Å². The lowest BCUT2D eigenvalue weighted by Gasteiger charge is -2.34. The van der Waals surface area contributed by atoms with Crippen LogP contribution in [0.2, 0.25) is 0 Å². The minimum Gasteiger partial charge on any atom is -0.493 e. The van der Waals surface area contributed by atoms with E-state index in [0.717, 1.165) is 18.4 Å². The van der Waals surface area contributed by atoms with Crippen LogP contribution in [0.15, 0.2) is 41.2 Å². The van der Waals surface area contributed by atoms with Crippen LogP contribution in [0.1, 0.15) is 43.5 Å². The smallest absolute Gasteiger partial charge is 0.258 e. The molecule has 0 amide bonds. The van der Waals surface area contributed by atoms with Crippen LogP contribution >= 0.6 is 0 Å². The molecule has 164 valence electrons. The highest BCUT2D eigenvalue weighted by atomic mass is 19.1. The van der Waals surface area contributed by atoms with Crippen molar-refractivity contribution in [1.29, 1.82) is 0 Å². The molecule has 4 rings (SSSR count). The van der Waals surface area contributed by atoms with E-state index < -0.39 is 0 Å². The van der Waals surface area contributed by atoms with Gasteiger partial charge in [-0.3, -0.25) is 9.69 Å². The van der Waals surface area contributed by atoms with Gasteiger partial charge in [-0.15, -0.1) is 0 Å². The third kappa shape index (κ3) is 4.88. The van der Waals surface area contributed by atoms with Crippen LogP contribution in [0.3, 0.4) is 0 Å². The number of methoxy groups -OCH3 is 2. The zero-order valence-corrected chi connectivity index (χ0v) is 18.0. The van der Waals surface area contributed by atoms with Crippen LogP contribution in [-0.4, -0.2) is 35.1 Å². The van der Waals surface area contributed by atoms with Crippen LogP contribution in [-0.2, 0) is 13.1 Å². The topological polar surface area (TPSA) is 67.5 Å². The lowest BCUT2D eigenvalue weighted by Crippen LogP contribution is -2.36. The molecule has 1 aliphatic rings. The Kier molecular flexibility index (Phi) is 6.51. The first-order valence-corrected chi connectivity index (χ1v) is 10.7. The summed E-state index contributed by atoms with van der Waals surface area (Å²) in [6.07, 6.45) is 5.88. The summed E-state index contributed by atoms with van der Waals surface area (Å²) in [5, 5.41) is 0.462. The van der Waals surface area contributed by atoms with Crippen LogP contribution < -0.4 is 15.0 Å². The number of fused-ring (bicyclic) bond motifs is 1. The molecule has 0 radical (unpaired) electrons. The molecule has 0 spiro atoms. The predicted molar refractivity (Wildman–Crippen MR) is 118 cm³/mol. The maximum atomic E-state index is 13.4. The summed E-state index contributed by atoms with van der Waals surface area (Å²) in [6.45, 7) is 1.19. The Labute approximate surface area is 181 Å². The molecular weight excluding hydrogens is 397 g/mol. The molecule has 0 atom stereocenters. The molecule has 0 bridgehead atoms. The highest BCUT2D eigenvalue weighted by Gasteiger charge is 2.23. The third-order valence-corrected chi connectivity index (χ3v) is 6.00. The van der Waals surface area contributed by atoms with Crippen molar-refractivity contribution < 1.29 is 13.9 Å². The predicted octanol–water partition coefficient (Wildman–Crippen LogP) is 4.41. The number of ether oxygens (including phenoxy) is 2. The number of halogens is 1. The van der Waals surface area contributed by atoms with Gasteiger partial charge in [0.25, 0.3) is 5.56 Å². The molecular formula is C24H28FN3O3. The maximum Gasteiger partial charge on any atom is 0.258 e. The molecule has 3 aromatic rings. The molecule has 1 fully saturated rings. The van der Waals surface area contributed by atoms with Crippen molar-refractivity contribution in [1.82, 2.24) is 14.9 Å². The largest absolute Gasteiger partial charge is 0.493 e. The van der Waals surface area contributed by atoms with Gasteiger partial charge < -0.3 is 14.5 Å². The van der Waals surface area contributed by atoms with E-state index in [2.05, 4.69) is 9.88 Å². The quantitative estimate of drug-likeness (QED) is 0.607. The van der Waals surface area contributed by atoms with Gasteiger partial charge in [0.05, 0.1) is 31.7 Å². The van der Waals surface area contributed by atoms with Crippen molar-refractivity contribution in [3.05, 3.63) is 64.0 Å². The van der Waals surface area contributed by atoms with Gasteiger partial charge in [0.2, 0.25) is 0 Å². The molecule has 0 unspecified atom stereocenters. The molecule has 1 aliphatic carbocycles. The number of benzene rings is 2. The second-order valence-corrected chi connectivity index (χ2v) is 8.06. The molecule has 0 aliphatic heterocycles. The fourth-order valence-corrected chi connectivity index (χ4v) is 4.37. The van der Waals surface area contributed by atoms with Crippen molar-refractivity contribution in [3.63, 3.8) is 0 Å². The zero-order chi connectivity index (χ0) is 21.8. The van der Waals surface area contributed by atoms with Crippen molar-refractivity contribution >= 4 is 10.9 Å². The number of hydrogen-bond acceptors (Lipinski definition) is 5. The van der Waals surface area contributed by atoms with Crippen molar-refractivity contribution in [2.24, 2.45) is 0 Å². The Hall–Kier alpha value is -2.93. The first-order chi connectivity index (χ1) is 15.1. The summed E-state index contributed by atoms with van der Waals surface area (Å²) in [5.74, 6) is 1.40. The van der Waals surface area contributed by atoms with E-state index in [1.54, 1.807) is 19.2 Å². The Bertz CT molecular complexity index is 1090. The molecule has 7 heteroatoms. The molecule has 1 N–H and O–H groups in total. The van der Waals surface area contributed by atoms with Gasteiger partial charge in [-0.25, -0.2) is 9.37 Å². The average molecular weight is 426 g/mol. The molecule has 31 heavy (non-hydrogen) atoms. The highest BCUT2D eigenvalue weighted by Crippen LogP contribution is 2.30. The number of aromatic nitrogens is 2. The van der Waals surface area contributed by atoms with Crippen LogP contribution in [0, 0.1) is 5.82 Å². The standard InChI is InChI=1S/C24H28FN3O3/c1-30-21-12-19-20(13-22(21)31-2)26-23(27-24(19)29)15-28(18-6-4-3-5-7-18)14-16-8-10-17(25)11-9-16/h8-13,18H,3-7,14-15H2,1-2H3,(H,26,27,29). The van der Waals surface area contributed by atoms with E-state index in [4.69, 9.17) is 14.5 Å². The fourth-order valence-electron chi connectivity index (χ4n) is 4.37. The summed E-state index contributed by atoms with van der Waals surface area (Å²) >= 11 is 0. The average Bonchev–Trinajstić information content (AvgIpc) is 2.80. The third-order valence-electron chi connectivity index (χ3n) is 6.00. The van der Waals surface area contributed by atoms with E-state index >= 15 is 0 Å². The van der Waals surface area contributed by atoms with Crippen LogP contribution in [0.4, 0.5) is 4.39 Å². The van der Waals surface area contributed by atoms with E-state index in [0.29, 0.717) is 47.4 Å². The minimum absolute atomic E-state index is 0.202. The van der Waals surface area contributed by atoms with Crippen molar-refractivity contribution in [2.45, 2.75) is 51.2 Å². The molecule has 6 nitrogen and oxygen atoms in total. The summed E-state index contributed by atoms with van der Waals surface area (Å²) in [4.78, 5) is 22.8. The van der Waals surface area contributed by atoms with Gasteiger partial charge in [-0.05, 0) is 36.6 Å². The molecule has 1 aromatic heterocycles. The SMILES string of the molecule is COc1cc2nc(CN(Cc3ccc(F)cc3)C3CCCCC3)[nH]c(=O)c2cc1OC. The van der Waals surface area contributed by atoms with Gasteiger partial charge in [0.1, 0.15) is 11.6 Å². The molecule has 2 aromatic carbocycles. The lowest BCUT2D eigenvalue weighted by molar-refractivity contribution is 0.136. The normalized spacial score (nSPS) is 14.8. The number of nitrogens with zero attached hydrogens (tertiary/aromatic N) is 2. The van der Waals surface area contributed by atoms with E-state index in [1.807, 2.05) is 12.1 Å². The minimum atomic E-state index is -0.238. The van der Waals surface area contributed by atoms with Gasteiger partial charge in [0.15, 0.2) is 11.5 Å². The molecule has 1 heterocycles. The summed E-state index contributed by atoms with van der Waals surface area (Å²) in [5.41, 5.74) is 1.41. The fraction of sp³-hybridized carbons (Fsp3) is 0.417. The monoisotopic (exact) mass is 425 g/mol. The Morgan fingerprint density at radius 2 is 1.71 bits per heavy atom. The summed E-state index contributed by atoms with van der Waals surface area (Å²) in [7, 11) is 3.10. The van der Waals surface area contributed by atoms with E-state index in [1.165, 1.54) is 38.5 Å². The second-order valence-electron chi connectivity index (χ2n) is 8.06. The molecule has 1 saturated carbocycles. The highest BCUT2D eigenvalue weighted by molar-refractivity contribution is 5.81. The number of rotatable bonds is 7. The summed E-state index contributed by atoms with van der Waals surface area (Å²) in [6, 6.07) is 10.4. The number of H-pyrrole nitrogens is 1. The second kappa shape index (κ2) is 9.47. The van der Waals surface area contributed by atoms with Crippen LogP contribution in [0.25, 0.3) is 10.9 Å². The first kappa shape index (κ1) is 21.3. The van der Waals surface area contributed by atoms with Gasteiger partial charge in [0, 0.05) is 18.7 Å². The summed E-state index contributed by atoms with van der Waals surface area (Å²) < 4.78 is 24.0. The van der Waals surface area contributed by atoms with E-state index in [9.17, 15) is 9.18 Å². The number of hydrogen-bond donors (Lipinski definition) is 1. The van der Waals surface area contributed by atoms with Crippen molar-refractivity contribution in [3.8, 4) is 11.5 Å². The Balaban J connectivity index is 1.66.